The minimum Gasteiger partial charge on any atom is -0.481 e. The van der Waals surface area contributed by atoms with Crippen molar-refractivity contribution >= 4 is 11.9 Å². The summed E-state index contributed by atoms with van der Waals surface area (Å²) in [6.45, 7) is 2.87. The molecule has 0 spiro atoms. The predicted molar refractivity (Wildman–Crippen MR) is 71.7 cm³/mol. The van der Waals surface area contributed by atoms with Crippen LogP contribution in [0.3, 0.4) is 0 Å². The summed E-state index contributed by atoms with van der Waals surface area (Å²) in [5.41, 5.74) is -0.00701. The molecule has 0 saturated carbocycles. The number of piperazine rings is 1. The standard InChI is InChI=1S/C13H17N3O4/c17-11-3-1-2-10(14-11)13(20)16-8-6-15(7-9-16)5-4-12(18)19/h1-3H,4-9H2,(H,14,17)(H,18,19). The molecule has 0 bridgehead atoms. The molecule has 108 valence electrons. The first-order chi connectivity index (χ1) is 9.56. The summed E-state index contributed by atoms with van der Waals surface area (Å²) >= 11 is 0. The molecule has 2 N–H and O–H groups in total. The van der Waals surface area contributed by atoms with Crippen molar-refractivity contribution < 1.29 is 14.7 Å². The van der Waals surface area contributed by atoms with Crippen molar-refractivity contribution in [2.75, 3.05) is 32.7 Å². The van der Waals surface area contributed by atoms with Gasteiger partial charge in [-0.3, -0.25) is 19.3 Å². The summed E-state index contributed by atoms with van der Waals surface area (Å²) in [6.07, 6.45) is 0.111. The van der Waals surface area contributed by atoms with E-state index in [9.17, 15) is 14.4 Å². The number of aromatic amines is 1. The van der Waals surface area contributed by atoms with Gasteiger partial charge < -0.3 is 15.0 Å². The molecule has 1 aromatic heterocycles. The largest absolute Gasteiger partial charge is 0.481 e. The van der Waals surface area contributed by atoms with Crippen molar-refractivity contribution in [1.82, 2.24) is 14.8 Å². The van der Waals surface area contributed by atoms with Gasteiger partial charge in [-0.1, -0.05) is 6.07 Å². The number of aromatic nitrogens is 1. The van der Waals surface area contributed by atoms with E-state index in [1.165, 1.54) is 6.07 Å². The van der Waals surface area contributed by atoms with E-state index in [4.69, 9.17) is 5.11 Å². The van der Waals surface area contributed by atoms with Gasteiger partial charge in [-0.15, -0.1) is 0 Å². The Balaban J connectivity index is 1.89. The minimum atomic E-state index is -0.814. The van der Waals surface area contributed by atoms with Gasteiger partial charge in [-0.05, 0) is 6.07 Å². The Morgan fingerprint density at radius 1 is 1.20 bits per heavy atom. The second-order valence-corrected chi connectivity index (χ2v) is 4.71. The summed E-state index contributed by atoms with van der Waals surface area (Å²) in [4.78, 5) is 40.1. The second kappa shape index (κ2) is 6.33. The summed E-state index contributed by atoms with van der Waals surface area (Å²) in [6, 6.07) is 4.50. The van der Waals surface area contributed by atoms with Gasteiger partial charge in [0.2, 0.25) is 5.56 Å². The Morgan fingerprint density at radius 2 is 1.90 bits per heavy atom. The van der Waals surface area contributed by atoms with Gasteiger partial charge >= 0.3 is 5.97 Å². The zero-order valence-corrected chi connectivity index (χ0v) is 11.0. The molecule has 0 radical (unpaired) electrons. The van der Waals surface area contributed by atoms with Crippen molar-refractivity contribution in [1.29, 1.82) is 0 Å². The summed E-state index contributed by atoms with van der Waals surface area (Å²) in [7, 11) is 0. The number of pyridine rings is 1. The first-order valence-corrected chi connectivity index (χ1v) is 6.49. The van der Waals surface area contributed by atoms with Gasteiger partial charge in [-0.25, -0.2) is 0 Å². The van der Waals surface area contributed by atoms with Crippen LogP contribution in [-0.2, 0) is 4.79 Å². The van der Waals surface area contributed by atoms with Gasteiger partial charge in [0.25, 0.3) is 5.91 Å². The van der Waals surface area contributed by atoms with E-state index in [1.54, 1.807) is 17.0 Å². The Morgan fingerprint density at radius 3 is 2.50 bits per heavy atom. The molecule has 7 heteroatoms. The molecule has 7 nitrogen and oxygen atoms in total. The molecule has 1 fully saturated rings. The van der Waals surface area contributed by atoms with E-state index in [0.29, 0.717) is 32.7 Å². The smallest absolute Gasteiger partial charge is 0.304 e. The van der Waals surface area contributed by atoms with Crippen molar-refractivity contribution in [2.45, 2.75) is 6.42 Å². The Bertz CT molecular complexity index is 547. The maximum absolute atomic E-state index is 12.2. The lowest BCUT2D eigenvalue weighted by molar-refractivity contribution is -0.137. The molecule has 1 amide bonds. The van der Waals surface area contributed by atoms with E-state index in [-0.39, 0.29) is 23.6 Å². The highest BCUT2D eigenvalue weighted by molar-refractivity contribution is 5.92. The van der Waals surface area contributed by atoms with E-state index in [2.05, 4.69) is 4.98 Å². The highest BCUT2D eigenvalue weighted by Gasteiger charge is 2.22. The quantitative estimate of drug-likeness (QED) is 0.782. The summed E-state index contributed by atoms with van der Waals surface area (Å²) in [5.74, 6) is -1.01. The molecular weight excluding hydrogens is 262 g/mol. The number of carbonyl (C=O) groups excluding carboxylic acids is 1. The molecule has 2 rings (SSSR count). The fourth-order valence-corrected chi connectivity index (χ4v) is 2.17. The average Bonchev–Trinajstić information content (AvgIpc) is 2.45. The summed E-state index contributed by atoms with van der Waals surface area (Å²) < 4.78 is 0. The van der Waals surface area contributed by atoms with Crippen molar-refractivity contribution in [3.8, 4) is 0 Å². The SMILES string of the molecule is O=C(O)CCN1CCN(C(=O)c2cccc(=O)[nH]2)CC1. The fraction of sp³-hybridized carbons (Fsp3) is 0.462. The number of H-pyrrole nitrogens is 1. The van der Waals surface area contributed by atoms with E-state index in [0.717, 1.165) is 0 Å². The number of rotatable bonds is 4. The van der Waals surface area contributed by atoms with Gasteiger partial charge in [-0.2, -0.15) is 0 Å². The zero-order valence-electron chi connectivity index (χ0n) is 11.0. The maximum Gasteiger partial charge on any atom is 0.304 e. The van der Waals surface area contributed by atoms with Crippen LogP contribution in [0, 0.1) is 0 Å². The maximum atomic E-state index is 12.2. The molecule has 1 aliphatic heterocycles. The molecule has 1 aromatic rings. The van der Waals surface area contributed by atoms with Crippen LogP contribution >= 0.6 is 0 Å². The molecule has 1 aliphatic rings. The van der Waals surface area contributed by atoms with Crippen LogP contribution in [0.15, 0.2) is 23.0 Å². The number of aliphatic carboxylic acids is 1. The van der Waals surface area contributed by atoms with Gasteiger partial charge in [0.1, 0.15) is 5.69 Å². The first-order valence-electron chi connectivity index (χ1n) is 6.49. The minimum absolute atomic E-state index is 0.111. The molecule has 0 unspecified atom stereocenters. The highest BCUT2D eigenvalue weighted by atomic mass is 16.4. The zero-order chi connectivity index (χ0) is 14.5. The van der Waals surface area contributed by atoms with E-state index >= 15 is 0 Å². The number of carboxylic acid groups (broad SMARTS) is 1. The van der Waals surface area contributed by atoms with Crippen LogP contribution in [0.25, 0.3) is 0 Å². The predicted octanol–water partition coefficient (Wildman–Crippen LogP) is -0.393. The number of nitrogens with zero attached hydrogens (tertiary/aromatic N) is 2. The van der Waals surface area contributed by atoms with Crippen LogP contribution in [0.5, 0.6) is 0 Å². The fourth-order valence-electron chi connectivity index (χ4n) is 2.17. The summed E-state index contributed by atoms with van der Waals surface area (Å²) in [5, 5.41) is 8.63. The molecule has 0 aliphatic carbocycles. The van der Waals surface area contributed by atoms with Crippen LogP contribution < -0.4 is 5.56 Å². The van der Waals surface area contributed by atoms with Gasteiger partial charge in [0.05, 0.1) is 6.42 Å². The topological polar surface area (TPSA) is 93.7 Å². The normalized spacial score (nSPS) is 16.1. The number of carbonyl (C=O) groups is 2. The van der Waals surface area contributed by atoms with E-state index < -0.39 is 5.97 Å². The lowest BCUT2D eigenvalue weighted by atomic mass is 10.2. The lowest BCUT2D eigenvalue weighted by Crippen LogP contribution is -2.49. The third-order valence-corrected chi connectivity index (χ3v) is 3.30. The van der Waals surface area contributed by atoms with Crippen molar-refractivity contribution in [2.24, 2.45) is 0 Å². The molecule has 20 heavy (non-hydrogen) atoms. The second-order valence-electron chi connectivity index (χ2n) is 4.71. The molecule has 1 saturated heterocycles. The molecule has 0 aromatic carbocycles. The first kappa shape index (κ1) is 14.3. The van der Waals surface area contributed by atoms with Crippen LogP contribution in [0.1, 0.15) is 16.9 Å². The Hall–Kier alpha value is -2.15. The van der Waals surface area contributed by atoms with Crippen LogP contribution in [-0.4, -0.2) is 64.5 Å². The lowest BCUT2D eigenvalue weighted by Gasteiger charge is -2.34. The van der Waals surface area contributed by atoms with Gasteiger partial charge in [0.15, 0.2) is 0 Å². The number of hydrogen-bond acceptors (Lipinski definition) is 4. The average molecular weight is 279 g/mol. The number of hydrogen-bond donors (Lipinski definition) is 2. The molecule has 0 atom stereocenters. The molecule has 2 heterocycles. The Kier molecular flexibility index (Phi) is 4.52. The Labute approximate surface area is 115 Å². The third kappa shape index (κ3) is 3.67. The van der Waals surface area contributed by atoms with Crippen molar-refractivity contribution in [3.05, 3.63) is 34.2 Å². The number of carboxylic acids is 1. The monoisotopic (exact) mass is 279 g/mol. The van der Waals surface area contributed by atoms with Gasteiger partial charge in [0, 0.05) is 38.8 Å². The highest BCUT2D eigenvalue weighted by Crippen LogP contribution is 2.06. The van der Waals surface area contributed by atoms with Crippen LogP contribution in [0.2, 0.25) is 0 Å². The third-order valence-electron chi connectivity index (χ3n) is 3.30. The van der Waals surface area contributed by atoms with Crippen LogP contribution in [0.4, 0.5) is 0 Å². The number of amides is 1. The van der Waals surface area contributed by atoms with E-state index in [1.807, 2.05) is 4.90 Å². The number of nitrogens with one attached hydrogen (secondary N) is 1. The van der Waals surface area contributed by atoms with Crippen molar-refractivity contribution in [3.63, 3.8) is 0 Å². The molecular formula is C13H17N3O4.